The molecular formula is C18H15ClN8O2. The summed E-state index contributed by atoms with van der Waals surface area (Å²) in [7, 11) is 0. The number of benzene rings is 1. The maximum atomic E-state index is 9.48. The molecule has 0 aliphatic carbocycles. The van der Waals surface area contributed by atoms with Gasteiger partial charge in [-0.1, -0.05) is 29.8 Å². The van der Waals surface area contributed by atoms with Crippen LogP contribution in [-0.2, 0) is 4.74 Å². The van der Waals surface area contributed by atoms with Gasteiger partial charge in [-0.05, 0) is 24.1 Å². The predicted octanol–water partition coefficient (Wildman–Crippen LogP) is 2.62. The summed E-state index contributed by atoms with van der Waals surface area (Å²) in [6.07, 6.45) is 6.81. The Morgan fingerprint density at radius 2 is 2.17 bits per heavy atom. The highest BCUT2D eigenvalue weighted by atomic mass is 35.5. The molecule has 1 aromatic heterocycles. The number of rotatable bonds is 2. The van der Waals surface area contributed by atoms with Crippen LogP contribution in [0, 0.1) is 11.5 Å². The molecule has 0 N–H and O–H groups in total. The van der Waals surface area contributed by atoms with Crippen LogP contribution in [0.5, 0.6) is 0 Å². The highest BCUT2D eigenvalue weighted by Crippen LogP contribution is 2.48. The predicted molar refractivity (Wildman–Crippen MR) is 102 cm³/mol. The molecule has 3 unspecified atom stereocenters. The molecule has 0 saturated carbocycles. The summed E-state index contributed by atoms with van der Waals surface area (Å²) in [5.41, 5.74) is 1.20. The number of aromatic nitrogens is 2. The van der Waals surface area contributed by atoms with Gasteiger partial charge in [-0.2, -0.15) is 10.2 Å². The molecule has 0 spiro atoms. The maximum Gasteiger partial charge on any atom is 0.290 e. The second-order valence-corrected chi connectivity index (χ2v) is 7.39. The summed E-state index contributed by atoms with van der Waals surface area (Å²) in [5, 5.41) is 17.2. The van der Waals surface area contributed by atoms with Crippen LogP contribution in [0.25, 0.3) is 0 Å². The lowest BCUT2D eigenvalue weighted by Crippen LogP contribution is -2.48. The monoisotopic (exact) mass is 410 g/mol. The normalized spacial score (nSPS) is 27.0. The zero-order valence-corrected chi connectivity index (χ0v) is 15.8. The van der Waals surface area contributed by atoms with E-state index in [-0.39, 0.29) is 12.3 Å². The molecule has 4 aliphatic heterocycles. The van der Waals surface area contributed by atoms with E-state index in [1.165, 1.54) is 4.90 Å². The van der Waals surface area contributed by atoms with Crippen molar-refractivity contribution in [3.8, 4) is 6.19 Å². The van der Waals surface area contributed by atoms with E-state index in [9.17, 15) is 5.26 Å². The number of halogens is 1. The Kier molecular flexibility index (Phi) is 3.50. The topological polar surface area (TPSA) is 97.3 Å². The highest BCUT2D eigenvalue weighted by molar-refractivity contribution is 6.22. The van der Waals surface area contributed by atoms with Gasteiger partial charge in [0, 0.05) is 12.2 Å². The third-order valence-corrected chi connectivity index (χ3v) is 5.80. The summed E-state index contributed by atoms with van der Waals surface area (Å²) < 4.78 is 11.1. The fourth-order valence-electron chi connectivity index (χ4n) is 4.07. The van der Waals surface area contributed by atoms with Gasteiger partial charge >= 0.3 is 0 Å². The van der Waals surface area contributed by atoms with Crippen molar-refractivity contribution >= 4 is 29.6 Å². The van der Waals surface area contributed by atoms with Crippen LogP contribution < -0.4 is 9.91 Å². The third-order valence-electron chi connectivity index (χ3n) is 5.39. The Labute approximate surface area is 170 Å². The van der Waals surface area contributed by atoms with E-state index in [0.29, 0.717) is 24.3 Å². The summed E-state index contributed by atoms with van der Waals surface area (Å²) in [5.74, 6) is 1.51. The number of fused-ring (bicyclic) bond motifs is 6. The first kappa shape index (κ1) is 16.6. The quantitative estimate of drug-likeness (QED) is 0.420. The van der Waals surface area contributed by atoms with Crippen molar-refractivity contribution in [2.75, 3.05) is 16.5 Å². The first-order chi connectivity index (χ1) is 14.3. The Morgan fingerprint density at radius 3 is 3.00 bits per heavy atom. The lowest BCUT2D eigenvalue weighted by atomic mass is 10.1. The number of hydrogen-bond donors (Lipinski definition) is 0. The van der Waals surface area contributed by atoms with E-state index < -0.39 is 5.62 Å². The smallest absolute Gasteiger partial charge is 0.290 e. The molecule has 146 valence electrons. The van der Waals surface area contributed by atoms with Gasteiger partial charge in [-0.3, -0.25) is 4.90 Å². The van der Waals surface area contributed by atoms with Gasteiger partial charge in [-0.25, -0.2) is 19.9 Å². The van der Waals surface area contributed by atoms with Gasteiger partial charge < -0.3 is 9.26 Å². The SMILES string of the molecule is N#CN1C=C2N(c3ccccc3C3N=CN(c4noc(C5CCCO5)n4)N23)C1Cl. The standard InChI is InChI=1S/C18H15ClN8O2/c19-17-24(9-20)8-14-26(17)12-5-2-1-4-11(12)15-21-10-25(27(14)15)18-22-16(29-23-18)13-6-3-7-28-13/h1-2,4-5,8,10,13,15,17H,3,6-7H2. The molecule has 29 heavy (non-hydrogen) atoms. The van der Waals surface area contributed by atoms with E-state index in [1.807, 2.05) is 34.2 Å². The third kappa shape index (κ3) is 2.28. The molecule has 3 atom stereocenters. The van der Waals surface area contributed by atoms with E-state index in [0.717, 1.165) is 24.1 Å². The highest BCUT2D eigenvalue weighted by Gasteiger charge is 2.48. The zero-order valence-electron chi connectivity index (χ0n) is 15.1. The van der Waals surface area contributed by atoms with Gasteiger partial charge in [-0.15, -0.1) is 0 Å². The van der Waals surface area contributed by atoms with Crippen molar-refractivity contribution < 1.29 is 9.26 Å². The van der Waals surface area contributed by atoms with Crippen molar-refractivity contribution in [2.24, 2.45) is 4.99 Å². The number of alkyl halides is 1. The molecule has 1 fully saturated rings. The molecule has 1 saturated heterocycles. The van der Waals surface area contributed by atoms with E-state index in [1.54, 1.807) is 17.5 Å². The summed E-state index contributed by atoms with van der Waals surface area (Å²) in [6.45, 7) is 0.696. The lowest BCUT2D eigenvalue weighted by molar-refractivity contribution is 0.0835. The van der Waals surface area contributed by atoms with Crippen molar-refractivity contribution in [2.45, 2.75) is 30.7 Å². The van der Waals surface area contributed by atoms with E-state index >= 15 is 0 Å². The number of hydrogen-bond acceptors (Lipinski definition) is 10. The first-order valence-corrected chi connectivity index (χ1v) is 9.69. The molecule has 10 nitrogen and oxygen atoms in total. The minimum atomic E-state index is -0.674. The number of nitrogens with zero attached hydrogens (tertiary/aromatic N) is 8. The number of aliphatic imine (C=N–C) groups is 1. The summed E-state index contributed by atoms with van der Waals surface area (Å²) in [6, 6.07) is 7.86. The molecule has 6 rings (SSSR count). The van der Waals surface area contributed by atoms with Crippen LogP contribution in [0.4, 0.5) is 11.6 Å². The number of para-hydroxylation sites is 1. The van der Waals surface area contributed by atoms with E-state index in [4.69, 9.17) is 20.9 Å². The number of anilines is 2. The molecule has 0 radical (unpaired) electrons. The van der Waals surface area contributed by atoms with Crippen LogP contribution in [0.1, 0.15) is 36.6 Å². The fraction of sp³-hybridized carbons (Fsp3) is 0.333. The number of ether oxygens (including phenoxy) is 1. The molecule has 2 aromatic rings. The Balaban J connectivity index is 1.42. The number of hydrazine groups is 1. The largest absolute Gasteiger partial charge is 0.368 e. The Hall–Kier alpha value is -3.29. The molecule has 5 heterocycles. The van der Waals surface area contributed by atoms with Crippen LogP contribution in [0.3, 0.4) is 0 Å². The van der Waals surface area contributed by atoms with Crippen molar-refractivity contribution in [1.82, 2.24) is 20.0 Å². The minimum Gasteiger partial charge on any atom is -0.368 e. The summed E-state index contributed by atoms with van der Waals surface area (Å²) in [4.78, 5) is 12.5. The zero-order chi connectivity index (χ0) is 19.5. The van der Waals surface area contributed by atoms with Gasteiger partial charge in [0.15, 0.2) is 23.8 Å². The van der Waals surface area contributed by atoms with Crippen molar-refractivity contribution in [1.29, 1.82) is 5.26 Å². The molecule has 0 bridgehead atoms. The van der Waals surface area contributed by atoms with Crippen LogP contribution >= 0.6 is 11.6 Å². The van der Waals surface area contributed by atoms with Gasteiger partial charge in [0.2, 0.25) is 0 Å². The average Bonchev–Trinajstić information content (AvgIpc) is 3.52. The van der Waals surface area contributed by atoms with Gasteiger partial charge in [0.25, 0.3) is 11.8 Å². The molecule has 11 heteroatoms. The lowest BCUT2D eigenvalue weighted by Gasteiger charge is -2.42. The second-order valence-electron chi connectivity index (χ2n) is 7.00. The second kappa shape index (κ2) is 6.10. The van der Waals surface area contributed by atoms with E-state index in [2.05, 4.69) is 21.3 Å². The van der Waals surface area contributed by atoms with Crippen molar-refractivity contribution in [3.05, 3.63) is 47.7 Å². The Bertz CT molecular complexity index is 1070. The van der Waals surface area contributed by atoms with Crippen molar-refractivity contribution in [3.63, 3.8) is 0 Å². The molecule has 0 amide bonds. The summed E-state index contributed by atoms with van der Waals surface area (Å²) >= 11 is 6.58. The first-order valence-electron chi connectivity index (χ1n) is 9.25. The van der Waals surface area contributed by atoms with Crippen LogP contribution in [0.2, 0.25) is 0 Å². The maximum absolute atomic E-state index is 9.48. The Morgan fingerprint density at radius 1 is 1.28 bits per heavy atom. The molecule has 1 aromatic carbocycles. The molecule has 4 aliphatic rings. The van der Waals surface area contributed by atoms with Gasteiger partial charge in [0.05, 0.1) is 11.9 Å². The van der Waals surface area contributed by atoms with Gasteiger partial charge in [0.1, 0.15) is 12.4 Å². The number of nitriles is 1. The minimum absolute atomic E-state index is 0.169. The van der Waals surface area contributed by atoms with Crippen LogP contribution in [0.15, 0.2) is 45.8 Å². The molecular weight excluding hydrogens is 396 g/mol. The average molecular weight is 411 g/mol. The van der Waals surface area contributed by atoms with Crippen LogP contribution in [-0.4, -0.2) is 38.6 Å². The fourth-order valence-corrected chi connectivity index (χ4v) is 4.38.